The molecule has 0 spiro atoms. The first kappa shape index (κ1) is 23.2. The molecule has 35 heavy (non-hydrogen) atoms. The van der Waals surface area contributed by atoms with Crippen LogP contribution in [-0.4, -0.2) is 71.3 Å². The zero-order chi connectivity index (χ0) is 24.2. The Morgan fingerprint density at radius 3 is 2.60 bits per heavy atom. The second-order valence-electron chi connectivity index (χ2n) is 8.98. The van der Waals surface area contributed by atoms with Crippen molar-refractivity contribution in [3.05, 3.63) is 42.0 Å². The smallest absolute Gasteiger partial charge is 0.254 e. The van der Waals surface area contributed by atoms with Gasteiger partial charge in [0.1, 0.15) is 11.3 Å². The summed E-state index contributed by atoms with van der Waals surface area (Å²) in [5.41, 5.74) is 3.88. The molecule has 3 aromatic rings. The Kier molecular flexibility index (Phi) is 6.89. The lowest BCUT2D eigenvalue weighted by Crippen LogP contribution is -2.36. The molecule has 1 saturated carbocycles. The normalized spacial score (nSPS) is 20.5. The van der Waals surface area contributed by atoms with Crippen LogP contribution in [0.2, 0.25) is 0 Å². The first-order valence-corrected chi connectivity index (χ1v) is 12.2. The number of fused-ring (bicyclic) bond motifs is 1. The van der Waals surface area contributed by atoms with Gasteiger partial charge in [-0.25, -0.2) is 15.0 Å². The minimum absolute atomic E-state index is 0.108. The Morgan fingerprint density at radius 1 is 1.09 bits per heavy atom. The number of hydrogen-bond acceptors (Lipinski definition) is 9. The zero-order valence-corrected chi connectivity index (χ0v) is 20.2. The second kappa shape index (κ2) is 10.4. The minimum atomic E-state index is -0.179. The first-order chi connectivity index (χ1) is 17.1. The molecule has 0 bridgehead atoms. The third kappa shape index (κ3) is 5.27. The van der Waals surface area contributed by atoms with Gasteiger partial charge in [-0.15, -0.1) is 0 Å². The Bertz CT molecular complexity index is 1190. The van der Waals surface area contributed by atoms with Crippen LogP contribution in [0.4, 0.5) is 11.6 Å². The van der Waals surface area contributed by atoms with E-state index >= 15 is 0 Å². The van der Waals surface area contributed by atoms with E-state index in [4.69, 9.17) is 9.47 Å². The summed E-state index contributed by atoms with van der Waals surface area (Å²) < 4.78 is 12.0. The standard InChI is InChI=1S/C25H31N7O3/c1-16-20(24(33)26-2)15-29-25(30-16)31-17-3-5-19(6-4-17)35-22-14-18(32-9-11-34-12-10-32)13-21-23(22)28-8-7-27-21/h7-8,13-15,17,19H,3-6,9-12H2,1-2H3,(H,26,33)(H,29,30,31). The Morgan fingerprint density at radius 2 is 1.86 bits per heavy atom. The van der Waals surface area contributed by atoms with E-state index in [1.807, 2.05) is 6.92 Å². The minimum Gasteiger partial charge on any atom is -0.488 e. The number of ether oxygens (including phenoxy) is 2. The Balaban J connectivity index is 1.24. The third-order valence-electron chi connectivity index (χ3n) is 6.65. The predicted molar refractivity (Wildman–Crippen MR) is 133 cm³/mol. The number of nitrogens with one attached hydrogen (secondary N) is 2. The van der Waals surface area contributed by atoms with Crippen LogP contribution >= 0.6 is 0 Å². The number of hydrogen-bond donors (Lipinski definition) is 2. The van der Waals surface area contributed by atoms with Crippen LogP contribution < -0.4 is 20.3 Å². The van der Waals surface area contributed by atoms with E-state index in [1.54, 1.807) is 25.6 Å². The van der Waals surface area contributed by atoms with Gasteiger partial charge >= 0.3 is 0 Å². The largest absolute Gasteiger partial charge is 0.488 e. The molecular formula is C25H31N7O3. The van der Waals surface area contributed by atoms with Crippen molar-refractivity contribution in [1.82, 2.24) is 25.3 Å². The molecular weight excluding hydrogens is 446 g/mol. The van der Waals surface area contributed by atoms with E-state index in [9.17, 15) is 4.79 Å². The summed E-state index contributed by atoms with van der Waals surface area (Å²) in [5.74, 6) is 1.16. The lowest BCUT2D eigenvalue weighted by atomic mass is 9.93. The Labute approximate surface area is 204 Å². The van der Waals surface area contributed by atoms with Crippen molar-refractivity contribution in [2.75, 3.05) is 43.6 Å². The summed E-state index contributed by atoms with van der Waals surface area (Å²) >= 11 is 0. The average Bonchev–Trinajstić information content (AvgIpc) is 2.90. The van der Waals surface area contributed by atoms with Crippen LogP contribution in [0.25, 0.3) is 11.0 Å². The lowest BCUT2D eigenvalue weighted by Gasteiger charge is -2.31. The highest BCUT2D eigenvalue weighted by Gasteiger charge is 2.25. The number of amides is 1. The van der Waals surface area contributed by atoms with Crippen LogP contribution in [0.1, 0.15) is 41.7 Å². The summed E-state index contributed by atoms with van der Waals surface area (Å²) in [6.07, 6.45) is 8.82. The summed E-state index contributed by atoms with van der Waals surface area (Å²) in [6.45, 7) is 4.98. The van der Waals surface area contributed by atoms with Crippen LogP contribution in [0.5, 0.6) is 5.75 Å². The quantitative estimate of drug-likeness (QED) is 0.553. The van der Waals surface area contributed by atoms with Gasteiger partial charge in [-0.3, -0.25) is 9.78 Å². The molecule has 3 heterocycles. The number of nitrogens with zero attached hydrogens (tertiary/aromatic N) is 5. The fourth-order valence-electron chi connectivity index (χ4n) is 4.70. The number of rotatable bonds is 6. The van der Waals surface area contributed by atoms with E-state index in [0.717, 1.165) is 74.5 Å². The van der Waals surface area contributed by atoms with Crippen LogP contribution in [0.3, 0.4) is 0 Å². The van der Waals surface area contributed by atoms with E-state index in [1.165, 1.54) is 0 Å². The van der Waals surface area contributed by atoms with Gasteiger partial charge in [0.25, 0.3) is 5.91 Å². The van der Waals surface area contributed by atoms with Gasteiger partial charge in [0.05, 0.1) is 36.1 Å². The molecule has 10 heteroatoms. The number of aromatic nitrogens is 4. The molecule has 2 fully saturated rings. The van der Waals surface area contributed by atoms with Crippen LogP contribution in [-0.2, 0) is 4.74 Å². The van der Waals surface area contributed by atoms with Gasteiger partial charge in [0, 0.05) is 56.5 Å². The van der Waals surface area contributed by atoms with Crippen molar-refractivity contribution in [2.45, 2.75) is 44.8 Å². The maximum absolute atomic E-state index is 11.9. The zero-order valence-electron chi connectivity index (χ0n) is 20.2. The topological polar surface area (TPSA) is 114 Å². The maximum Gasteiger partial charge on any atom is 0.254 e. The van der Waals surface area contributed by atoms with Crippen molar-refractivity contribution < 1.29 is 14.3 Å². The number of aryl methyl sites for hydroxylation is 1. The molecule has 1 aliphatic heterocycles. The van der Waals surface area contributed by atoms with E-state index in [0.29, 0.717) is 17.2 Å². The van der Waals surface area contributed by atoms with E-state index in [2.05, 4.69) is 47.6 Å². The summed E-state index contributed by atoms with van der Waals surface area (Å²) in [5, 5.41) is 6.03. The fourth-order valence-corrected chi connectivity index (χ4v) is 4.70. The lowest BCUT2D eigenvalue weighted by molar-refractivity contribution is 0.0961. The second-order valence-corrected chi connectivity index (χ2v) is 8.98. The van der Waals surface area contributed by atoms with Gasteiger partial charge < -0.3 is 25.0 Å². The Hall–Kier alpha value is -3.53. The number of anilines is 2. The maximum atomic E-state index is 11.9. The molecule has 1 aliphatic carbocycles. The van der Waals surface area contributed by atoms with Crippen molar-refractivity contribution in [1.29, 1.82) is 0 Å². The molecule has 10 nitrogen and oxygen atoms in total. The number of morpholine rings is 1. The van der Waals surface area contributed by atoms with Gasteiger partial charge in [0.15, 0.2) is 0 Å². The summed E-state index contributed by atoms with van der Waals surface area (Å²) in [6, 6.07) is 4.44. The molecule has 2 aromatic heterocycles. The van der Waals surface area contributed by atoms with Crippen LogP contribution in [0.15, 0.2) is 30.7 Å². The molecule has 1 amide bonds. The number of carbonyl (C=O) groups is 1. The van der Waals surface area contributed by atoms with Gasteiger partial charge in [-0.1, -0.05) is 0 Å². The highest BCUT2D eigenvalue weighted by atomic mass is 16.5. The highest BCUT2D eigenvalue weighted by Crippen LogP contribution is 2.33. The number of benzene rings is 1. The highest BCUT2D eigenvalue weighted by molar-refractivity contribution is 5.94. The van der Waals surface area contributed by atoms with Gasteiger partial charge in [0.2, 0.25) is 5.95 Å². The molecule has 1 saturated heterocycles. The third-order valence-corrected chi connectivity index (χ3v) is 6.65. The molecule has 0 unspecified atom stereocenters. The molecule has 0 radical (unpaired) electrons. The van der Waals surface area contributed by atoms with Crippen molar-refractivity contribution in [2.24, 2.45) is 0 Å². The predicted octanol–water partition coefficient (Wildman–Crippen LogP) is 2.73. The average molecular weight is 478 g/mol. The monoisotopic (exact) mass is 477 g/mol. The molecule has 2 aliphatic rings. The molecule has 184 valence electrons. The SMILES string of the molecule is CNC(=O)c1cnc(NC2CCC(Oc3cc(N4CCOCC4)cc4nccnc34)CC2)nc1C. The first-order valence-electron chi connectivity index (χ1n) is 12.2. The number of carbonyl (C=O) groups excluding carboxylic acids is 1. The van der Waals surface area contributed by atoms with E-state index in [-0.39, 0.29) is 18.1 Å². The molecule has 1 aromatic carbocycles. The van der Waals surface area contributed by atoms with E-state index < -0.39 is 0 Å². The summed E-state index contributed by atoms with van der Waals surface area (Å²) in [7, 11) is 1.60. The molecule has 5 rings (SSSR count). The van der Waals surface area contributed by atoms with Crippen molar-refractivity contribution in [3.8, 4) is 5.75 Å². The fraction of sp³-hybridized carbons (Fsp3) is 0.480. The summed E-state index contributed by atoms with van der Waals surface area (Å²) in [4.78, 5) is 32.1. The molecule has 0 atom stereocenters. The molecule has 2 N–H and O–H groups in total. The van der Waals surface area contributed by atoms with Crippen molar-refractivity contribution in [3.63, 3.8) is 0 Å². The van der Waals surface area contributed by atoms with Gasteiger partial charge in [-0.2, -0.15) is 0 Å². The van der Waals surface area contributed by atoms with Crippen molar-refractivity contribution >= 4 is 28.6 Å². The van der Waals surface area contributed by atoms with Crippen LogP contribution in [0, 0.1) is 6.92 Å². The van der Waals surface area contributed by atoms with Gasteiger partial charge in [-0.05, 0) is 38.7 Å².